The first-order valence-corrected chi connectivity index (χ1v) is 9.68. The number of hydrogen-bond acceptors (Lipinski definition) is 5. The molecule has 27 heavy (non-hydrogen) atoms. The topological polar surface area (TPSA) is 73.0 Å². The van der Waals surface area contributed by atoms with Gasteiger partial charge >= 0.3 is 0 Å². The summed E-state index contributed by atoms with van der Waals surface area (Å²) in [6.07, 6.45) is 3.35. The maximum Gasteiger partial charge on any atom is 0.234 e. The van der Waals surface area contributed by atoms with Crippen LogP contribution in [0.25, 0.3) is 11.6 Å². The maximum atomic E-state index is 12.4. The van der Waals surface area contributed by atoms with Crippen LogP contribution in [0.15, 0.2) is 64.9 Å². The van der Waals surface area contributed by atoms with E-state index in [1.54, 1.807) is 18.4 Å². The van der Waals surface area contributed by atoms with Gasteiger partial charge in [-0.1, -0.05) is 49.9 Å². The summed E-state index contributed by atoms with van der Waals surface area (Å²) >= 11 is 1.33. The SMILES string of the molecule is C=CCn1c(SCC(=O)Nc2ccccc2C(C)C)nnc1-c1ccco1. The molecule has 0 aliphatic rings. The van der Waals surface area contributed by atoms with Crippen LogP contribution in [-0.2, 0) is 11.3 Å². The second-order valence-corrected chi connectivity index (χ2v) is 7.20. The Morgan fingerprint density at radius 1 is 1.30 bits per heavy atom. The van der Waals surface area contributed by atoms with Crippen molar-refractivity contribution in [3.63, 3.8) is 0 Å². The van der Waals surface area contributed by atoms with E-state index in [1.807, 2.05) is 34.9 Å². The quantitative estimate of drug-likeness (QED) is 0.456. The smallest absolute Gasteiger partial charge is 0.234 e. The number of allylic oxidation sites excluding steroid dienone is 1. The Morgan fingerprint density at radius 3 is 2.81 bits per heavy atom. The standard InChI is InChI=1S/C20H22N4O2S/c1-4-11-24-19(17-10-7-12-26-17)22-23-20(24)27-13-18(25)21-16-9-6-5-8-15(16)14(2)3/h4-10,12,14H,1,11,13H2,2-3H3,(H,21,25). The van der Waals surface area contributed by atoms with E-state index >= 15 is 0 Å². The van der Waals surface area contributed by atoms with E-state index in [0.29, 0.717) is 29.2 Å². The number of carbonyl (C=O) groups excluding carboxylic acids is 1. The predicted octanol–water partition coefficient (Wildman–Crippen LogP) is 4.58. The van der Waals surface area contributed by atoms with Crippen molar-refractivity contribution in [1.29, 1.82) is 0 Å². The van der Waals surface area contributed by atoms with E-state index in [4.69, 9.17) is 4.42 Å². The summed E-state index contributed by atoms with van der Waals surface area (Å²) in [4.78, 5) is 12.4. The van der Waals surface area contributed by atoms with Gasteiger partial charge in [-0.2, -0.15) is 0 Å². The van der Waals surface area contributed by atoms with Crippen LogP contribution in [0.5, 0.6) is 0 Å². The zero-order valence-electron chi connectivity index (χ0n) is 15.4. The Morgan fingerprint density at radius 2 is 2.11 bits per heavy atom. The number of anilines is 1. The van der Waals surface area contributed by atoms with Crippen LogP contribution in [0.3, 0.4) is 0 Å². The summed E-state index contributed by atoms with van der Waals surface area (Å²) in [5, 5.41) is 12.0. The molecule has 0 saturated carbocycles. The highest BCUT2D eigenvalue weighted by molar-refractivity contribution is 7.99. The number of para-hydroxylation sites is 1. The van der Waals surface area contributed by atoms with Crippen molar-refractivity contribution in [1.82, 2.24) is 14.8 Å². The van der Waals surface area contributed by atoms with E-state index < -0.39 is 0 Å². The third-order valence-electron chi connectivity index (χ3n) is 3.96. The molecule has 0 bridgehead atoms. The van der Waals surface area contributed by atoms with Gasteiger partial charge in [-0.05, 0) is 29.7 Å². The lowest BCUT2D eigenvalue weighted by atomic mass is 10.0. The predicted molar refractivity (Wildman–Crippen MR) is 108 cm³/mol. The molecule has 7 heteroatoms. The van der Waals surface area contributed by atoms with Gasteiger partial charge in [-0.3, -0.25) is 9.36 Å². The van der Waals surface area contributed by atoms with Crippen LogP contribution in [0, 0.1) is 0 Å². The number of nitrogens with one attached hydrogen (secondary N) is 1. The van der Waals surface area contributed by atoms with E-state index in [9.17, 15) is 4.79 Å². The Labute approximate surface area is 162 Å². The first-order chi connectivity index (χ1) is 13.1. The van der Waals surface area contributed by atoms with Crippen molar-refractivity contribution in [2.24, 2.45) is 0 Å². The van der Waals surface area contributed by atoms with Crippen LogP contribution in [0.2, 0.25) is 0 Å². The number of carbonyl (C=O) groups is 1. The van der Waals surface area contributed by atoms with Gasteiger partial charge in [0.15, 0.2) is 10.9 Å². The lowest BCUT2D eigenvalue weighted by molar-refractivity contribution is -0.113. The monoisotopic (exact) mass is 382 g/mol. The normalized spacial score (nSPS) is 10.9. The van der Waals surface area contributed by atoms with Crippen LogP contribution < -0.4 is 5.32 Å². The number of nitrogens with zero attached hydrogens (tertiary/aromatic N) is 3. The zero-order chi connectivity index (χ0) is 19.2. The highest BCUT2D eigenvalue weighted by atomic mass is 32.2. The van der Waals surface area contributed by atoms with Crippen molar-refractivity contribution < 1.29 is 9.21 Å². The molecular weight excluding hydrogens is 360 g/mol. The molecule has 2 heterocycles. The van der Waals surface area contributed by atoms with Crippen LogP contribution in [-0.4, -0.2) is 26.4 Å². The van der Waals surface area contributed by atoms with Gasteiger partial charge in [-0.25, -0.2) is 0 Å². The van der Waals surface area contributed by atoms with Crippen molar-refractivity contribution in [2.75, 3.05) is 11.1 Å². The fourth-order valence-electron chi connectivity index (χ4n) is 2.71. The van der Waals surface area contributed by atoms with Crippen molar-refractivity contribution in [3.8, 4) is 11.6 Å². The molecule has 0 unspecified atom stereocenters. The molecule has 6 nitrogen and oxygen atoms in total. The summed E-state index contributed by atoms with van der Waals surface area (Å²) in [5.41, 5.74) is 1.97. The molecular formula is C20H22N4O2S. The van der Waals surface area contributed by atoms with Gasteiger partial charge in [0.2, 0.25) is 11.7 Å². The third-order valence-corrected chi connectivity index (χ3v) is 4.93. The number of rotatable bonds is 8. The van der Waals surface area contributed by atoms with Gasteiger partial charge in [-0.15, -0.1) is 16.8 Å². The molecule has 0 saturated heterocycles. The number of amides is 1. The highest BCUT2D eigenvalue weighted by Crippen LogP contribution is 2.26. The number of hydrogen-bond donors (Lipinski definition) is 1. The Bertz CT molecular complexity index is 916. The molecule has 0 aliphatic heterocycles. The highest BCUT2D eigenvalue weighted by Gasteiger charge is 2.17. The molecule has 0 radical (unpaired) electrons. The molecule has 140 valence electrons. The average Bonchev–Trinajstić information content (AvgIpc) is 3.30. The lowest BCUT2D eigenvalue weighted by Gasteiger charge is -2.13. The fraction of sp³-hybridized carbons (Fsp3) is 0.250. The molecule has 0 fully saturated rings. The second-order valence-electron chi connectivity index (χ2n) is 6.26. The Hall–Kier alpha value is -2.80. The molecule has 3 aromatic rings. The average molecular weight is 382 g/mol. The summed E-state index contributed by atoms with van der Waals surface area (Å²) in [6.45, 7) is 8.52. The zero-order valence-corrected chi connectivity index (χ0v) is 16.2. The van der Waals surface area contributed by atoms with Gasteiger partial charge in [0, 0.05) is 12.2 Å². The summed E-state index contributed by atoms with van der Waals surface area (Å²) in [7, 11) is 0. The molecule has 0 atom stereocenters. The minimum absolute atomic E-state index is 0.0826. The Balaban J connectivity index is 1.70. The molecule has 3 rings (SSSR count). The van der Waals surface area contributed by atoms with E-state index in [0.717, 1.165) is 11.3 Å². The number of thioether (sulfide) groups is 1. The van der Waals surface area contributed by atoms with Crippen molar-refractivity contribution in [2.45, 2.75) is 31.5 Å². The molecule has 0 spiro atoms. The first kappa shape index (κ1) is 19.0. The summed E-state index contributed by atoms with van der Waals surface area (Å²) in [6, 6.07) is 11.5. The Kier molecular flexibility index (Phi) is 6.13. The van der Waals surface area contributed by atoms with Crippen LogP contribution in [0.4, 0.5) is 5.69 Å². The first-order valence-electron chi connectivity index (χ1n) is 8.69. The number of aromatic nitrogens is 3. The van der Waals surface area contributed by atoms with Gasteiger partial charge in [0.25, 0.3) is 0 Å². The summed E-state index contributed by atoms with van der Waals surface area (Å²) in [5.74, 6) is 1.74. The second kappa shape index (κ2) is 8.73. The van der Waals surface area contributed by atoms with E-state index in [-0.39, 0.29) is 11.7 Å². The summed E-state index contributed by atoms with van der Waals surface area (Å²) < 4.78 is 7.29. The number of furan rings is 1. The van der Waals surface area contributed by atoms with E-state index in [2.05, 4.69) is 35.9 Å². The van der Waals surface area contributed by atoms with Crippen molar-refractivity contribution >= 4 is 23.4 Å². The molecule has 1 N–H and O–H groups in total. The van der Waals surface area contributed by atoms with Crippen molar-refractivity contribution in [3.05, 3.63) is 60.9 Å². The fourth-order valence-corrected chi connectivity index (χ4v) is 3.46. The number of benzene rings is 1. The molecule has 1 amide bonds. The molecule has 0 aliphatic carbocycles. The van der Waals surface area contributed by atoms with E-state index in [1.165, 1.54) is 11.8 Å². The van der Waals surface area contributed by atoms with Gasteiger partial charge < -0.3 is 9.73 Å². The lowest BCUT2D eigenvalue weighted by Crippen LogP contribution is -2.16. The third kappa shape index (κ3) is 4.49. The van der Waals surface area contributed by atoms with Crippen LogP contribution in [0.1, 0.15) is 25.3 Å². The van der Waals surface area contributed by atoms with Gasteiger partial charge in [0.1, 0.15) is 0 Å². The molecule has 2 aromatic heterocycles. The van der Waals surface area contributed by atoms with Crippen LogP contribution >= 0.6 is 11.8 Å². The minimum Gasteiger partial charge on any atom is -0.461 e. The maximum absolute atomic E-state index is 12.4. The van der Waals surface area contributed by atoms with Gasteiger partial charge in [0.05, 0.1) is 12.0 Å². The molecule has 1 aromatic carbocycles. The minimum atomic E-state index is -0.0826. The largest absolute Gasteiger partial charge is 0.461 e.